The highest BCUT2D eigenvalue weighted by Crippen LogP contribution is 2.34. The molecule has 0 saturated carbocycles. The topological polar surface area (TPSA) is 84.0 Å². The number of hydrogen-bond acceptors (Lipinski definition) is 5. The van der Waals surface area contributed by atoms with Crippen LogP contribution in [0.25, 0.3) is 22.0 Å². The molecule has 6 nitrogen and oxygen atoms in total. The number of ether oxygens (including phenoxy) is 1. The van der Waals surface area contributed by atoms with Crippen molar-refractivity contribution in [2.45, 2.75) is 12.7 Å². The molecule has 1 aromatic carbocycles. The second-order valence-electron chi connectivity index (χ2n) is 5.60. The Morgan fingerprint density at radius 2 is 2.26 bits per heavy atom. The molecular weight excluding hydrogens is 292 g/mol. The number of nitriles is 1. The van der Waals surface area contributed by atoms with Crippen molar-refractivity contribution in [2.24, 2.45) is 7.05 Å². The van der Waals surface area contributed by atoms with Crippen molar-refractivity contribution in [1.29, 1.82) is 5.26 Å². The summed E-state index contributed by atoms with van der Waals surface area (Å²) in [6.45, 7) is 0.752. The molecule has 6 heteroatoms. The fourth-order valence-corrected chi connectivity index (χ4v) is 3.07. The molecule has 3 aromatic rings. The van der Waals surface area contributed by atoms with Gasteiger partial charge in [0.05, 0.1) is 18.7 Å². The standard InChI is InChI=1S/C17H14N4O2/c1-21-16-4-10(2-3-11(16)15(5-18)20-21)12-6-19-7-13-14(12)8-23-9-17(13)22/h2-4,6-7,17,22H,8-9H2,1H3. The third-order valence-corrected chi connectivity index (χ3v) is 4.24. The predicted molar refractivity (Wildman–Crippen MR) is 83.3 cm³/mol. The van der Waals surface area contributed by atoms with Gasteiger partial charge >= 0.3 is 0 Å². The number of aliphatic hydroxyl groups excluding tert-OH is 1. The first-order chi connectivity index (χ1) is 11.2. The van der Waals surface area contributed by atoms with E-state index in [9.17, 15) is 5.11 Å². The monoisotopic (exact) mass is 306 g/mol. The molecule has 0 spiro atoms. The lowest BCUT2D eigenvalue weighted by Crippen LogP contribution is -2.17. The third kappa shape index (κ3) is 2.10. The average molecular weight is 306 g/mol. The Morgan fingerprint density at radius 1 is 1.39 bits per heavy atom. The molecule has 0 amide bonds. The molecule has 114 valence electrons. The van der Waals surface area contributed by atoms with Crippen molar-refractivity contribution in [1.82, 2.24) is 14.8 Å². The number of aliphatic hydroxyl groups is 1. The van der Waals surface area contributed by atoms with Crippen LogP contribution in [-0.2, 0) is 18.4 Å². The van der Waals surface area contributed by atoms with Crippen molar-refractivity contribution >= 4 is 10.9 Å². The first-order valence-electron chi connectivity index (χ1n) is 7.29. The third-order valence-electron chi connectivity index (χ3n) is 4.24. The lowest BCUT2D eigenvalue weighted by atomic mass is 9.94. The van der Waals surface area contributed by atoms with Gasteiger partial charge in [0.2, 0.25) is 0 Å². The highest BCUT2D eigenvalue weighted by Gasteiger charge is 2.22. The van der Waals surface area contributed by atoms with Crippen molar-refractivity contribution < 1.29 is 9.84 Å². The zero-order chi connectivity index (χ0) is 16.0. The van der Waals surface area contributed by atoms with Gasteiger partial charge in [0.1, 0.15) is 12.2 Å². The molecule has 0 fully saturated rings. The molecule has 0 bridgehead atoms. The summed E-state index contributed by atoms with van der Waals surface area (Å²) in [5.41, 5.74) is 4.97. The molecule has 23 heavy (non-hydrogen) atoms. The van der Waals surface area contributed by atoms with E-state index in [0.717, 1.165) is 33.2 Å². The molecule has 3 heterocycles. The number of benzene rings is 1. The van der Waals surface area contributed by atoms with E-state index in [0.29, 0.717) is 18.9 Å². The fourth-order valence-electron chi connectivity index (χ4n) is 3.07. The van der Waals surface area contributed by atoms with Gasteiger partial charge in [0.25, 0.3) is 0 Å². The molecule has 1 aliphatic heterocycles. The van der Waals surface area contributed by atoms with Crippen LogP contribution in [0.1, 0.15) is 22.9 Å². The van der Waals surface area contributed by atoms with Gasteiger partial charge in [0.15, 0.2) is 5.69 Å². The number of aromatic nitrogens is 3. The maximum Gasteiger partial charge on any atom is 0.170 e. The molecular formula is C17H14N4O2. The summed E-state index contributed by atoms with van der Waals surface area (Å²) in [5, 5.41) is 24.3. The van der Waals surface area contributed by atoms with E-state index in [1.165, 1.54) is 0 Å². The number of pyridine rings is 1. The van der Waals surface area contributed by atoms with Crippen molar-refractivity contribution in [2.75, 3.05) is 6.61 Å². The Bertz CT molecular complexity index is 955. The van der Waals surface area contributed by atoms with Crippen LogP contribution in [0, 0.1) is 11.3 Å². The van der Waals surface area contributed by atoms with Gasteiger partial charge in [-0.3, -0.25) is 9.67 Å². The fraction of sp³-hybridized carbons (Fsp3) is 0.235. The molecule has 0 aliphatic carbocycles. The quantitative estimate of drug-likeness (QED) is 0.744. The second-order valence-corrected chi connectivity index (χ2v) is 5.60. The summed E-state index contributed by atoms with van der Waals surface area (Å²) in [4.78, 5) is 4.26. The minimum atomic E-state index is -0.642. The number of aryl methyl sites for hydroxylation is 1. The first-order valence-corrected chi connectivity index (χ1v) is 7.29. The summed E-state index contributed by atoms with van der Waals surface area (Å²) in [6, 6.07) is 7.94. The highest BCUT2D eigenvalue weighted by atomic mass is 16.5. The highest BCUT2D eigenvalue weighted by molar-refractivity contribution is 5.88. The Morgan fingerprint density at radius 3 is 3.09 bits per heavy atom. The Labute approximate surface area is 132 Å². The van der Waals surface area contributed by atoms with E-state index < -0.39 is 6.10 Å². The summed E-state index contributed by atoms with van der Waals surface area (Å²) in [7, 11) is 1.82. The van der Waals surface area contributed by atoms with E-state index in [-0.39, 0.29) is 0 Å². The summed E-state index contributed by atoms with van der Waals surface area (Å²) >= 11 is 0. The van der Waals surface area contributed by atoms with Crippen LogP contribution in [0.2, 0.25) is 0 Å². The minimum absolute atomic E-state index is 0.296. The van der Waals surface area contributed by atoms with Crippen LogP contribution in [0.3, 0.4) is 0 Å². The summed E-state index contributed by atoms with van der Waals surface area (Å²) < 4.78 is 7.16. The Kier molecular flexibility index (Phi) is 3.11. The lowest BCUT2D eigenvalue weighted by molar-refractivity contribution is 0.00981. The van der Waals surface area contributed by atoms with Gasteiger partial charge in [-0.05, 0) is 23.3 Å². The van der Waals surface area contributed by atoms with Gasteiger partial charge in [0, 0.05) is 36.0 Å². The van der Waals surface area contributed by atoms with Gasteiger partial charge in [-0.2, -0.15) is 10.4 Å². The van der Waals surface area contributed by atoms with Crippen LogP contribution >= 0.6 is 0 Å². The van der Waals surface area contributed by atoms with Crippen LogP contribution in [-0.4, -0.2) is 26.5 Å². The van der Waals surface area contributed by atoms with E-state index in [1.807, 2.05) is 25.2 Å². The van der Waals surface area contributed by atoms with Crippen molar-refractivity contribution in [3.8, 4) is 17.2 Å². The van der Waals surface area contributed by atoms with Crippen LogP contribution in [0.15, 0.2) is 30.6 Å². The molecule has 1 unspecified atom stereocenters. The van der Waals surface area contributed by atoms with Crippen LogP contribution in [0.4, 0.5) is 0 Å². The number of hydrogen-bond donors (Lipinski definition) is 1. The average Bonchev–Trinajstić information content (AvgIpc) is 2.90. The number of rotatable bonds is 1. The molecule has 2 aromatic heterocycles. The SMILES string of the molecule is Cn1nc(C#N)c2ccc(-c3cncc4c3COCC4O)cc21. The Balaban J connectivity index is 1.92. The number of fused-ring (bicyclic) bond motifs is 2. The van der Waals surface area contributed by atoms with E-state index in [4.69, 9.17) is 10.00 Å². The summed E-state index contributed by atoms with van der Waals surface area (Å²) in [6.07, 6.45) is 2.84. The zero-order valence-corrected chi connectivity index (χ0v) is 12.5. The van der Waals surface area contributed by atoms with E-state index in [2.05, 4.69) is 16.2 Å². The van der Waals surface area contributed by atoms with Crippen LogP contribution < -0.4 is 0 Å². The summed E-state index contributed by atoms with van der Waals surface area (Å²) in [5.74, 6) is 0. The molecule has 0 radical (unpaired) electrons. The normalized spacial score (nSPS) is 17.0. The predicted octanol–water partition coefficient (Wildman–Crippen LogP) is 2.07. The van der Waals surface area contributed by atoms with E-state index in [1.54, 1.807) is 17.1 Å². The first kappa shape index (κ1) is 13.9. The van der Waals surface area contributed by atoms with Crippen LogP contribution in [0.5, 0.6) is 0 Å². The molecule has 1 aliphatic rings. The minimum Gasteiger partial charge on any atom is -0.386 e. The van der Waals surface area contributed by atoms with Crippen molar-refractivity contribution in [3.63, 3.8) is 0 Å². The smallest absolute Gasteiger partial charge is 0.170 e. The molecule has 1 N–H and O–H groups in total. The second kappa shape index (κ2) is 5.16. The Hall–Kier alpha value is -2.75. The maximum absolute atomic E-state index is 10.1. The van der Waals surface area contributed by atoms with Crippen molar-refractivity contribution in [3.05, 3.63) is 47.4 Å². The van der Waals surface area contributed by atoms with Gasteiger partial charge in [-0.1, -0.05) is 6.07 Å². The molecule has 4 rings (SSSR count). The zero-order valence-electron chi connectivity index (χ0n) is 12.5. The van der Waals surface area contributed by atoms with Gasteiger partial charge < -0.3 is 9.84 Å². The largest absolute Gasteiger partial charge is 0.386 e. The number of nitrogens with zero attached hydrogens (tertiary/aromatic N) is 4. The maximum atomic E-state index is 10.1. The molecule has 1 atom stereocenters. The van der Waals surface area contributed by atoms with Gasteiger partial charge in [-0.15, -0.1) is 0 Å². The molecule has 0 saturated heterocycles. The lowest BCUT2D eigenvalue weighted by Gasteiger charge is -2.23. The van der Waals surface area contributed by atoms with Gasteiger partial charge in [-0.25, -0.2) is 0 Å². The van der Waals surface area contributed by atoms with E-state index >= 15 is 0 Å².